The topological polar surface area (TPSA) is 288 Å². The molecule has 6 heterocycles. The molecule has 25 rings (SSSR count). The smallest absolute Gasteiger partial charge is 0.220 e. The van der Waals surface area contributed by atoms with Gasteiger partial charge >= 0.3 is 0 Å². The van der Waals surface area contributed by atoms with Crippen molar-refractivity contribution in [2.24, 2.45) is 168 Å². The van der Waals surface area contributed by atoms with Crippen molar-refractivity contribution >= 4 is 17.5 Å². The Balaban J connectivity index is 0.000000107. The highest BCUT2D eigenvalue weighted by atomic mass is 16.5. The molecule has 40 atom stereocenters. The van der Waals surface area contributed by atoms with Gasteiger partial charge in [-0.25, -0.2) is 0 Å². The molecule has 18 nitrogen and oxygen atoms in total. The van der Waals surface area contributed by atoms with Crippen LogP contribution in [0, 0.1) is 168 Å². The Labute approximate surface area is 836 Å². The summed E-state index contributed by atoms with van der Waals surface area (Å²) in [5, 5.41) is 96.5. The number of aromatic nitrogens is 1. The van der Waals surface area contributed by atoms with Gasteiger partial charge in [-0.1, -0.05) is 102 Å². The summed E-state index contributed by atoms with van der Waals surface area (Å²) in [6.45, 7) is 62.0. The standard InChI is InChI=1S/C31H47NO4.C30H49NO4.C30H50O4.C30H46O4/c1-25(2)20-8-9-21-28(6)15-19(33)23(29(7)11-10-22(35-29)26(3,4)34)27(28,5)12-13-30(21)17-31(20,30)14-18-16-32-36-24(18)25;1-24(2)19-8-9-20-27(6)16-18(32)23(28(7)12-10-21(35-28)25(3,4)34)26(27,5)14-15-30(20)17-29(19,30)13-11-22(33)31-24;2*1-24(2)19-8-9-20-27(6)16-18(31)23(28(7)12-11-22(34-28)25(3,4)33)26(27,5)14-15-30(20)17-29(19,30)13-10-21(24)32/h16,19-23,33-34H,8-15,17H2,1-7H3;18-21,23,32,34H,8-17H2,1-7H3,(H,31,33);18-23,31-33H,8-17H2,1-7H3;19-20,22-23,33H,8-17H2,1-7H3/t19-,20?,21?,22+,23?,27+,28-,29-,30-,31+;18-,19?,20?,21+,23?,26+,27-,28-,29+,30-;18-,19?,20?,21-,22+,23?,26+,27-,28-,29+,30-;19?,20?,22-,23?,26-,27+,28+,29-,30+/m0001/s1. The van der Waals surface area contributed by atoms with Crippen LogP contribution >= 0.6 is 0 Å². The first-order valence-electron chi connectivity index (χ1n) is 57.5. The number of Topliss-reactive ketones (excluding diaryl/α,β-unsaturated/α-hetero) is 2. The van der Waals surface area contributed by atoms with E-state index in [0.717, 1.165) is 128 Å². The number of hydrogen-bond acceptors (Lipinski definition) is 17. The maximum Gasteiger partial charge on any atom is 0.220 e. The van der Waals surface area contributed by atoms with Crippen molar-refractivity contribution in [3.8, 4) is 0 Å². The first-order chi connectivity index (χ1) is 63.8. The van der Waals surface area contributed by atoms with Gasteiger partial charge in [-0.2, -0.15) is 0 Å². The van der Waals surface area contributed by atoms with E-state index in [1.807, 2.05) is 61.6 Å². The molecule has 19 aliphatic carbocycles. The molecule has 5 aliphatic heterocycles. The zero-order chi connectivity index (χ0) is 101. The highest BCUT2D eigenvalue weighted by Crippen LogP contribution is 2.95. The van der Waals surface area contributed by atoms with E-state index in [-0.39, 0.29) is 160 Å². The molecule has 0 bridgehead atoms. The zero-order valence-corrected chi connectivity index (χ0v) is 92.0. The molecular formula is C121H192N2O16. The molecule has 1 aromatic heterocycles. The maximum absolute atomic E-state index is 13.9. The third-order valence-electron chi connectivity index (χ3n) is 54.3. The quantitative estimate of drug-likeness (QED) is 0.117. The number of rotatable bonds is 8. The third kappa shape index (κ3) is 12.6. The highest BCUT2D eigenvalue weighted by molar-refractivity contribution is 5.88. The van der Waals surface area contributed by atoms with Crippen LogP contribution in [0.15, 0.2) is 10.7 Å². The third-order valence-corrected chi connectivity index (χ3v) is 54.3. The van der Waals surface area contributed by atoms with Crippen LogP contribution in [0.5, 0.6) is 0 Å². The number of aliphatic hydroxyl groups is 8. The molecule has 139 heavy (non-hydrogen) atoms. The zero-order valence-electron chi connectivity index (χ0n) is 92.0. The van der Waals surface area contributed by atoms with Gasteiger partial charge in [0, 0.05) is 58.9 Å². The Bertz CT molecular complexity index is 5120. The fraction of sp³-hybridized carbons (Fsp3) is 0.950. The summed E-state index contributed by atoms with van der Waals surface area (Å²) in [5.41, 5.74) is -0.861. The Kier molecular flexibility index (Phi) is 21.6. The fourth-order valence-corrected chi connectivity index (χ4v) is 47.8. The lowest BCUT2D eigenvalue weighted by molar-refractivity contribution is -0.195. The lowest BCUT2D eigenvalue weighted by Crippen LogP contribution is -2.59. The second kappa shape index (κ2) is 29.7. The minimum atomic E-state index is -0.885. The minimum absolute atomic E-state index is 0.00768. The van der Waals surface area contributed by atoms with Gasteiger partial charge in [0.2, 0.25) is 5.91 Å². The lowest BCUT2D eigenvalue weighted by atomic mass is 9.41. The van der Waals surface area contributed by atoms with E-state index in [4.69, 9.17) is 23.5 Å². The average molecular weight is 1930 g/mol. The van der Waals surface area contributed by atoms with Crippen LogP contribution in [0.25, 0.3) is 0 Å². The van der Waals surface area contributed by atoms with Crippen molar-refractivity contribution in [2.75, 3.05) is 0 Å². The van der Waals surface area contributed by atoms with E-state index in [1.165, 1.54) is 121 Å². The van der Waals surface area contributed by atoms with Gasteiger partial charge in [-0.15, -0.1) is 0 Å². The number of nitrogens with one attached hydrogen (secondary N) is 1. The van der Waals surface area contributed by atoms with Gasteiger partial charge in [0.05, 0.1) is 106 Å². The van der Waals surface area contributed by atoms with Gasteiger partial charge in [0.15, 0.2) is 0 Å². The highest BCUT2D eigenvalue weighted by Gasteiger charge is 2.90. The molecule has 0 radical (unpaired) electrons. The number of nitrogens with zero attached hydrogens (tertiary/aromatic N) is 1. The molecule has 9 N–H and O–H groups in total. The molecule has 23 fully saturated rings. The van der Waals surface area contributed by atoms with Crippen LogP contribution in [0.2, 0.25) is 0 Å². The summed E-state index contributed by atoms with van der Waals surface area (Å²) >= 11 is 0. The van der Waals surface area contributed by atoms with Crippen molar-refractivity contribution < 1.29 is 78.7 Å². The Morgan fingerprint density at radius 1 is 0.331 bits per heavy atom. The maximum atomic E-state index is 13.9. The van der Waals surface area contributed by atoms with E-state index >= 15 is 0 Å². The molecule has 1 aromatic rings. The van der Waals surface area contributed by atoms with Gasteiger partial charge in [0.1, 0.15) is 17.3 Å². The fourth-order valence-electron chi connectivity index (χ4n) is 47.8. The summed E-state index contributed by atoms with van der Waals surface area (Å²) in [5.74, 6) is 7.30. The number of ether oxygens (including phenoxy) is 4. The van der Waals surface area contributed by atoms with E-state index in [2.05, 4.69) is 149 Å². The number of ketones is 2. The normalized spacial score (nSPS) is 56.9. The second-order valence-electron chi connectivity index (χ2n) is 62.7. The van der Waals surface area contributed by atoms with Crippen LogP contribution in [0.3, 0.4) is 0 Å². The number of carbonyl (C=O) groups excluding carboxylic acids is 3. The number of fused-ring (bicyclic) bond motifs is 9. The van der Waals surface area contributed by atoms with Gasteiger partial charge < -0.3 is 69.6 Å². The molecule has 18 saturated carbocycles. The van der Waals surface area contributed by atoms with E-state index in [9.17, 15) is 55.2 Å². The number of aliphatic hydroxyl groups excluding tert-OH is 4. The SMILES string of the molecule is CC(C)(O)[C@H]1CC[C@@](C)(C2[C@@H](O)C[C@@]3(C)C4CCC5C(C)(C)[C@@H](O)CC[C@@]56C[C@@]46CC[C@]23C)O1.CC1(C)C(=O)CC[C@]23C[C@]24CC[C@]2(C)C([C@]5(C)CC[C@H](C(C)(C)O)O5)C(=O)C[C@@]2(C)C4CCC13.CC1(C)NC(=O)CC[C@]23C[C@]24CC[C@]2(C)C([C@]5(C)CC[C@H](C(C)(C)O)O5)[C@@H](O)C[C@@]2(C)C4CCC13.CC1(C)c2oncc2C[C@]23C[C@]24CC[C@]2(C)C([C@]5(C)CC[C@H](C(C)(C)O)O5)[C@@H](O)C[C@@]2(C)C4CCC13. The molecule has 12 unspecified atom stereocenters. The number of carbonyl (C=O) groups is 3. The summed E-state index contributed by atoms with van der Waals surface area (Å²) in [7, 11) is 0. The van der Waals surface area contributed by atoms with Crippen molar-refractivity contribution in [1.29, 1.82) is 0 Å². The van der Waals surface area contributed by atoms with Gasteiger partial charge in [-0.05, 0) is 467 Å². The van der Waals surface area contributed by atoms with Crippen LogP contribution in [-0.2, 0) is 45.2 Å². The van der Waals surface area contributed by atoms with Crippen molar-refractivity contribution in [3.05, 3.63) is 17.5 Å². The molecule has 5 saturated heterocycles. The minimum Gasteiger partial charge on any atom is -0.393 e. The van der Waals surface area contributed by atoms with Gasteiger partial charge in [0.25, 0.3) is 0 Å². The molecule has 0 aromatic carbocycles. The van der Waals surface area contributed by atoms with Crippen LogP contribution in [0.1, 0.15) is 449 Å². The first kappa shape index (κ1) is 101. The van der Waals surface area contributed by atoms with Crippen molar-refractivity contribution in [3.63, 3.8) is 0 Å². The van der Waals surface area contributed by atoms with E-state index in [0.29, 0.717) is 110 Å². The van der Waals surface area contributed by atoms with Gasteiger partial charge in [-0.3, -0.25) is 14.4 Å². The van der Waals surface area contributed by atoms with Crippen LogP contribution < -0.4 is 5.32 Å². The summed E-state index contributed by atoms with van der Waals surface area (Å²) < 4.78 is 32.5. The molecule has 8 spiro atoms. The molecular weight excluding hydrogens is 1740 g/mol. The summed E-state index contributed by atoms with van der Waals surface area (Å²) in [6.07, 6.45) is 41.7. The van der Waals surface area contributed by atoms with E-state index in [1.54, 1.807) is 0 Å². The Morgan fingerprint density at radius 2 is 0.662 bits per heavy atom. The predicted octanol–water partition coefficient (Wildman–Crippen LogP) is 22.1. The lowest BCUT2D eigenvalue weighted by Gasteiger charge is -2.63. The van der Waals surface area contributed by atoms with Crippen molar-refractivity contribution in [1.82, 2.24) is 10.5 Å². The molecule has 1 amide bonds. The Morgan fingerprint density at radius 3 is 1.08 bits per heavy atom. The molecule has 18 heteroatoms. The predicted molar refractivity (Wildman–Crippen MR) is 537 cm³/mol. The Hall–Kier alpha value is -2.46. The van der Waals surface area contributed by atoms with Crippen LogP contribution in [0.4, 0.5) is 0 Å². The molecule has 782 valence electrons. The average Bonchev–Trinajstić information content (AvgIpc) is 1.46. The first-order valence-corrected chi connectivity index (χ1v) is 57.5. The largest absolute Gasteiger partial charge is 0.393 e. The van der Waals surface area contributed by atoms with Crippen molar-refractivity contribution in [2.45, 2.75) is 549 Å². The monoisotopic (exact) mass is 1930 g/mol. The summed E-state index contributed by atoms with van der Waals surface area (Å²) in [6, 6.07) is 0. The number of hydrogen-bond donors (Lipinski definition) is 9. The van der Waals surface area contributed by atoms with E-state index < -0.39 is 33.6 Å². The second-order valence-corrected chi connectivity index (χ2v) is 62.7. The molecule has 24 aliphatic rings. The number of amides is 1. The van der Waals surface area contributed by atoms with Crippen LogP contribution in [-0.4, -0.2) is 163 Å². The summed E-state index contributed by atoms with van der Waals surface area (Å²) in [4.78, 5) is 39.5.